The Kier molecular flexibility index (Phi) is 2.32. The van der Waals surface area contributed by atoms with Crippen LogP contribution in [0.25, 0.3) is 10.9 Å². The molecule has 3 nitrogen and oxygen atoms in total. The van der Waals surface area contributed by atoms with Gasteiger partial charge in [0.15, 0.2) is 0 Å². The van der Waals surface area contributed by atoms with Gasteiger partial charge in [-0.3, -0.25) is 4.79 Å². The lowest BCUT2D eigenvalue weighted by Crippen LogP contribution is -2.13. The quantitative estimate of drug-likeness (QED) is 0.748. The zero-order valence-electron chi connectivity index (χ0n) is 8.97. The summed E-state index contributed by atoms with van der Waals surface area (Å²) in [6, 6.07) is 3.33. The molecular weight excluding hydrogens is 334 g/mol. The molecule has 1 aromatic carbocycles. The molecule has 0 spiro atoms. The van der Waals surface area contributed by atoms with E-state index in [1.807, 2.05) is 13.0 Å². The highest BCUT2D eigenvalue weighted by atomic mass is 127. The van der Waals surface area contributed by atoms with Crippen LogP contribution in [0.15, 0.2) is 12.1 Å². The average Bonchev–Trinajstić information content (AvgIpc) is 2.63. The van der Waals surface area contributed by atoms with Crippen molar-refractivity contribution < 1.29 is 9.18 Å². The Bertz CT molecular complexity index is 669. The van der Waals surface area contributed by atoms with Crippen LogP contribution in [0.3, 0.4) is 0 Å². The van der Waals surface area contributed by atoms with Crippen molar-refractivity contribution in [2.45, 2.75) is 13.5 Å². The van der Waals surface area contributed by atoms with Crippen LogP contribution < -0.4 is 5.32 Å². The average molecular weight is 342 g/mol. The molecule has 0 saturated heterocycles. The summed E-state index contributed by atoms with van der Waals surface area (Å²) < 4.78 is 14.7. The Morgan fingerprint density at radius 2 is 2.24 bits per heavy atom. The third-order valence-electron chi connectivity index (χ3n) is 2.86. The Morgan fingerprint density at radius 3 is 3.00 bits per heavy atom. The van der Waals surface area contributed by atoms with Crippen molar-refractivity contribution in [3.05, 3.63) is 38.3 Å². The van der Waals surface area contributed by atoms with Crippen LogP contribution in [0.1, 0.15) is 21.6 Å². The minimum atomic E-state index is -0.375. The number of benzene rings is 1. The van der Waals surface area contributed by atoms with Gasteiger partial charge in [-0.2, -0.15) is 0 Å². The fourth-order valence-electron chi connectivity index (χ4n) is 2.06. The first-order valence-electron chi connectivity index (χ1n) is 5.14. The van der Waals surface area contributed by atoms with Gasteiger partial charge >= 0.3 is 0 Å². The molecule has 86 valence electrons. The van der Waals surface area contributed by atoms with Gasteiger partial charge in [0.05, 0.1) is 0 Å². The number of pyridine rings is 1. The second-order valence-electron chi connectivity index (χ2n) is 4.08. The Balaban J connectivity index is 2.48. The molecule has 1 aliphatic rings. The Morgan fingerprint density at radius 1 is 1.47 bits per heavy atom. The molecule has 1 aromatic heterocycles. The molecule has 0 aliphatic carbocycles. The summed E-state index contributed by atoms with van der Waals surface area (Å²) in [5, 5.41) is 3.48. The number of rotatable bonds is 0. The summed E-state index contributed by atoms with van der Waals surface area (Å²) in [5.41, 5.74) is 2.35. The van der Waals surface area contributed by atoms with Crippen LogP contribution in [0.4, 0.5) is 4.39 Å². The highest BCUT2D eigenvalue weighted by molar-refractivity contribution is 14.1. The fraction of sp³-hybridized carbons (Fsp3) is 0.167. The monoisotopic (exact) mass is 342 g/mol. The molecule has 0 fully saturated rings. The van der Waals surface area contributed by atoms with Crippen LogP contribution in [-0.2, 0) is 6.54 Å². The number of carbonyl (C=O) groups excluding carboxylic acids is 1. The van der Waals surface area contributed by atoms with E-state index in [4.69, 9.17) is 0 Å². The lowest BCUT2D eigenvalue weighted by Gasteiger charge is -2.07. The van der Waals surface area contributed by atoms with Gasteiger partial charge < -0.3 is 5.32 Å². The Hall–Kier alpha value is -1.24. The molecule has 0 saturated carbocycles. The predicted molar refractivity (Wildman–Crippen MR) is 70.3 cm³/mol. The summed E-state index contributed by atoms with van der Waals surface area (Å²) in [6.45, 7) is 2.32. The largest absolute Gasteiger partial charge is 0.346 e. The number of fused-ring (bicyclic) bond motifs is 2. The van der Waals surface area contributed by atoms with E-state index in [1.165, 1.54) is 6.07 Å². The summed E-state index contributed by atoms with van der Waals surface area (Å²) in [5.74, 6) is -0.597. The smallest absolute Gasteiger partial charge is 0.270 e. The van der Waals surface area contributed by atoms with E-state index < -0.39 is 0 Å². The van der Waals surface area contributed by atoms with E-state index >= 15 is 0 Å². The fourth-order valence-corrected chi connectivity index (χ4v) is 2.92. The van der Waals surface area contributed by atoms with Crippen molar-refractivity contribution in [1.82, 2.24) is 10.3 Å². The van der Waals surface area contributed by atoms with Crippen molar-refractivity contribution in [3.8, 4) is 0 Å². The molecule has 2 aromatic rings. The zero-order chi connectivity index (χ0) is 12.2. The third-order valence-corrected chi connectivity index (χ3v) is 4.09. The van der Waals surface area contributed by atoms with Gasteiger partial charge in [0.2, 0.25) is 0 Å². The molecule has 17 heavy (non-hydrogen) atoms. The lowest BCUT2D eigenvalue weighted by molar-refractivity contribution is 0.0962. The number of nitrogens with one attached hydrogen (secondary N) is 1. The number of amides is 1. The van der Waals surface area contributed by atoms with E-state index in [-0.39, 0.29) is 17.2 Å². The minimum absolute atomic E-state index is 0.222. The third kappa shape index (κ3) is 1.52. The maximum absolute atomic E-state index is 13.8. The molecule has 1 aliphatic heterocycles. The maximum atomic E-state index is 13.8. The molecule has 5 heteroatoms. The van der Waals surface area contributed by atoms with Crippen LogP contribution in [-0.4, -0.2) is 10.9 Å². The topological polar surface area (TPSA) is 42.0 Å². The zero-order valence-corrected chi connectivity index (χ0v) is 11.1. The highest BCUT2D eigenvalue weighted by Gasteiger charge is 2.25. The first kappa shape index (κ1) is 10.9. The molecule has 0 bridgehead atoms. The summed E-state index contributed by atoms with van der Waals surface area (Å²) in [7, 11) is 0. The predicted octanol–water partition coefficient (Wildman–Crippen LogP) is 2.53. The molecule has 0 unspecified atom stereocenters. The summed E-state index contributed by atoms with van der Waals surface area (Å²) >= 11 is 2.15. The van der Waals surface area contributed by atoms with Crippen LogP contribution in [0.2, 0.25) is 0 Å². The molecule has 0 atom stereocenters. The standard InChI is InChI=1S/C12H8FIN2O/c1-5-2-6-9(14)7-4-15-12(17)11(7)16-10(6)8(13)3-5/h2-3H,4H2,1H3,(H,15,17). The van der Waals surface area contributed by atoms with Crippen molar-refractivity contribution >= 4 is 39.4 Å². The first-order chi connectivity index (χ1) is 8.08. The lowest BCUT2D eigenvalue weighted by atomic mass is 10.1. The number of aryl methyl sites for hydroxylation is 1. The van der Waals surface area contributed by atoms with Crippen molar-refractivity contribution in [1.29, 1.82) is 0 Å². The number of aromatic nitrogens is 1. The van der Waals surface area contributed by atoms with Crippen LogP contribution in [0.5, 0.6) is 0 Å². The van der Waals surface area contributed by atoms with Crippen LogP contribution in [0, 0.1) is 16.3 Å². The molecule has 3 rings (SSSR count). The number of hydrogen-bond donors (Lipinski definition) is 1. The number of halogens is 2. The first-order valence-corrected chi connectivity index (χ1v) is 6.22. The second-order valence-corrected chi connectivity index (χ2v) is 5.16. The van der Waals surface area contributed by atoms with Gasteiger partial charge in [0.1, 0.15) is 17.0 Å². The van der Waals surface area contributed by atoms with Crippen LogP contribution >= 0.6 is 22.6 Å². The van der Waals surface area contributed by atoms with Gasteiger partial charge in [-0.25, -0.2) is 9.37 Å². The molecule has 1 amide bonds. The molecule has 1 N–H and O–H groups in total. The van der Waals surface area contributed by atoms with Crippen molar-refractivity contribution in [3.63, 3.8) is 0 Å². The van der Waals surface area contributed by atoms with E-state index in [1.54, 1.807) is 0 Å². The van der Waals surface area contributed by atoms with E-state index in [9.17, 15) is 9.18 Å². The number of carbonyl (C=O) groups is 1. The van der Waals surface area contributed by atoms with E-state index in [0.29, 0.717) is 12.2 Å². The summed E-state index contributed by atoms with van der Waals surface area (Å²) in [4.78, 5) is 15.7. The SMILES string of the molecule is Cc1cc(F)c2nc3c(c(I)c2c1)CNC3=O. The van der Waals surface area contributed by atoms with Gasteiger partial charge in [0.25, 0.3) is 5.91 Å². The van der Waals surface area contributed by atoms with Crippen molar-refractivity contribution in [2.75, 3.05) is 0 Å². The van der Waals surface area contributed by atoms with Crippen molar-refractivity contribution in [2.24, 2.45) is 0 Å². The molecular formula is C12H8FIN2O. The van der Waals surface area contributed by atoms with Gasteiger partial charge in [-0.1, -0.05) is 0 Å². The minimum Gasteiger partial charge on any atom is -0.346 e. The normalized spacial score (nSPS) is 13.9. The highest BCUT2D eigenvalue weighted by Crippen LogP contribution is 2.29. The van der Waals surface area contributed by atoms with E-state index in [2.05, 4.69) is 32.9 Å². The Labute approximate surface area is 111 Å². The van der Waals surface area contributed by atoms with E-state index in [0.717, 1.165) is 20.1 Å². The molecule has 0 radical (unpaired) electrons. The molecule has 2 heterocycles. The maximum Gasteiger partial charge on any atom is 0.270 e. The number of hydrogen-bond acceptors (Lipinski definition) is 2. The number of nitrogens with zero attached hydrogens (tertiary/aromatic N) is 1. The van der Waals surface area contributed by atoms with Gasteiger partial charge in [-0.15, -0.1) is 0 Å². The second kappa shape index (κ2) is 3.63. The van der Waals surface area contributed by atoms with Gasteiger partial charge in [-0.05, 0) is 47.2 Å². The summed E-state index contributed by atoms with van der Waals surface area (Å²) in [6.07, 6.45) is 0. The van der Waals surface area contributed by atoms with Gasteiger partial charge in [0, 0.05) is 21.1 Å².